The first-order valence-electron chi connectivity index (χ1n) is 9.54. The summed E-state index contributed by atoms with van der Waals surface area (Å²) in [4.78, 5) is 48.5. The number of rotatable bonds is 5. The number of nitro groups is 1. The lowest BCUT2D eigenvalue weighted by molar-refractivity contribution is -0.384. The zero-order valence-corrected chi connectivity index (χ0v) is 17.4. The van der Waals surface area contributed by atoms with Gasteiger partial charge in [-0.2, -0.15) is 9.78 Å². The molecule has 0 aliphatic rings. The fourth-order valence-electron chi connectivity index (χ4n) is 3.25. The summed E-state index contributed by atoms with van der Waals surface area (Å²) in [6, 6.07) is 7.26. The predicted octanol–water partition coefficient (Wildman–Crippen LogP) is 1.84. The maximum atomic E-state index is 12.7. The number of anilines is 1. The van der Waals surface area contributed by atoms with Crippen LogP contribution in [0.2, 0.25) is 0 Å². The number of benzene rings is 1. The Labute approximate surface area is 180 Å². The van der Waals surface area contributed by atoms with Crippen molar-refractivity contribution in [1.29, 1.82) is 0 Å². The summed E-state index contributed by atoms with van der Waals surface area (Å²) in [6.07, 6.45) is 1.18. The van der Waals surface area contributed by atoms with E-state index in [9.17, 15) is 19.7 Å². The molecule has 1 amide bonds. The van der Waals surface area contributed by atoms with Gasteiger partial charge in [-0.25, -0.2) is 15.0 Å². The summed E-state index contributed by atoms with van der Waals surface area (Å²) in [5, 5.41) is 18.2. The molecule has 4 aromatic rings. The highest BCUT2D eigenvalue weighted by molar-refractivity contribution is 5.90. The largest absolute Gasteiger partial charge is 0.309 e. The number of amides is 1. The number of aromatic nitrogens is 6. The van der Waals surface area contributed by atoms with Crippen LogP contribution in [0.5, 0.6) is 0 Å². The molecule has 0 bridgehead atoms. The van der Waals surface area contributed by atoms with Crippen molar-refractivity contribution in [3.05, 3.63) is 74.2 Å². The summed E-state index contributed by atoms with van der Waals surface area (Å²) < 4.78 is 2.55. The van der Waals surface area contributed by atoms with E-state index in [-0.39, 0.29) is 23.1 Å². The molecule has 0 aliphatic carbocycles. The van der Waals surface area contributed by atoms with Crippen molar-refractivity contribution in [1.82, 2.24) is 29.3 Å². The average molecular weight is 434 g/mol. The molecule has 1 aromatic carbocycles. The molecule has 4 rings (SSSR count). The number of hydrogen-bond acceptors (Lipinski definition) is 8. The van der Waals surface area contributed by atoms with Gasteiger partial charge in [-0.15, -0.1) is 0 Å². The lowest BCUT2D eigenvalue weighted by Crippen LogP contribution is -2.28. The van der Waals surface area contributed by atoms with Crippen LogP contribution in [-0.2, 0) is 11.3 Å². The van der Waals surface area contributed by atoms with Gasteiger partial charge in [0, 0.05) is 29.6 Å². The minimum Gasteiger partial charge on any atom is -0.309 e. The number of carbonyl (C=O) groups is 1. The third-order valence-corrected chi connectivity index (χ3v) is 4.59. The summed E-state index contributed by atoms with van der Waals surface area (Å²) in [7, 11) is 0. The standard InChI is InChI=1S/C20H18N8O4/c1-11-6-12(2)23-20(22-11)27-17(7-13(3)25-27)24-18(29)9-26-10-21-16-8-14(28(31)32)4-5-15(16)19(26)30/h4-8,10H,9H2,1-3H3,(H,24,29). The minimum absolute atomic E-state index is 0.169. The van der Waals surface area contributed by atoms with Crippen molar-refractivity contribution in [2.24, 2.45) is 0 Å². The maximum Gasteiger partial charge on any atom is 0.271 e. The van der Waals surface area contributed by atoms with E-state index in [0.717, 1.165) is 16.0 Å². The van der Waals surface area contributed by atoms with Crippen LogP contribution in [0.3, 0.4) is 0 Å². The molecule has 0 saturated heterocycles. The first kappa shape index (κ1) is 20.8. The Bertz CT molecular complexity index is 1420. The average Bonchev–Trinajstić information content (AvgIpc) is 3.09. The van der Waals surface area contributed by atoms with Crippen molar-refractivity contribution in [2.45, 2.75) is 27.3 Å². The molecule has 12 nitrogen and oxygen atoms in total. The molecule has 1 N–H and O–H groups in total. The Hall–Kier alpha value is -4.48. The Morgan fingerprint density at radius 3 is 2.50 bits per heavy atom. The number of nitrogens with zero attached hydrogens (tertiary/aromatic N) is 7. The fraction of sp³-hybridized carbons (Fsp3) is 0.200. The van der Waals surface area contributed by atoms with Crippen LogP contribution in [0.25, 0.3) is 16.9 Å². The first-order valence-corrected chi connectivity index (χ1v) is 9.54. The second-order valence-corrected chi connectivity index (χ2v) is 7.22. The molecule has 0 saturated carbocycles. The Morgan fingerprint density at radius 1 is 1.09 bits per heavy atom. The number of hydrogen-bond donors (Lipinski definition) is 1. The molecule has 32 heavy (non-hydrogen) atoms. The lowest BCUT2D eigenvalue weighted by Gasteiger charge is -2.10. The monoisotopic (exact) mass is 434 g/mol. The van der Waals surface area contributed by atoms with Crippen molar-refractivity contribution < 1.29 is 9.72 Å². The van der Waals surface area contributed by atoms with Crippen molar-refractivity contribution in [2.75, 3.05) is 5.32 Å². The van der Waals surface area contributed by atoms with Gasteiger partial charge in [-0.3, -0.25) is 24.3 Å². The highest BCUT2D eigenvalue weighted by Gasteiger charge is 2.16. The number of nitro benzene ring substituents is 1. The van der Waals surface area contributed by atoms with Crippen LogP contribution in [0.4, 0.5) is 11.5 Å². The van der Waals surface area contributed by atoms with Crippen molar-refractivity contribution in [3.63, 3.8) is 0 Å². The lowest BCUT2D eigenvalue weighted by atomic mass is 10.2. The molecular weight excluding hydrogens is 416 g/mol. The normalized spacial score (nSPS) is 11.0. The third-order valence-electron chi connectivity index (χ3n) is 4.59. The summed E-state index contributed by atoms with van der Waals surface area (Å²) in [6.45, 7) is 5.13. The fourth-order valence-corrected chi connectivity index (χ4v) is 3.25. The van der Waals surface area contributed by atoms with Crippen molar-refractivity contribution in [3.8, 4) is 5.95 Å². The number of nitrogens with one attached hydrogen (secondary N) is 1. The second-order valence-electron chi connectivity index (χ2n) is 7.22. The molecule has 0 spiro atoms. The van der Waals surface area contributed by atoms with Gasteiger partial charge in [0.2, 0.25) is 5.91 Å². The van der Waals surface area contributed by atoms with E-state index >= 15 is 0 Å². The van der Waals surface area contributed by atoms with Crippen LogP contribution in [0.15, 0.2) is 41.5 Å². The Balaban J connectivity index is 1.60. The molecule has 3 heterocycles. The summed E-state index contributed by atoms with van der Waals surface area (Å²) >= 11 is 0. The van der Waals surface area contributed by atoms with E-state index in [4.69, 9.17) is 0 Å². The summed E-state index contributed by atoms with van der Waals surface area (Å²) in [5.41, 5.74) is 1.69. The first-order chi connectivity index (χ1) is 15.2. The van der Waals surface area contributed by atoms with E-state index in [0.29, 0.717) is 17.5 Å². The molecule has 162 valence electrons. The zero-order valence-electron chi connectivity index (χ0n) is 17.4. The number of non-ortho nitro benzene ring substituents is 1. The number of fused-ring (bicyclic) bond motifs is 1. The molecule has 0 radical (unpaired) electrons. The van der Waals surface area contributed by atoms with E-state index in [2.05, 4.69) is 25.4 Å². The topological polar surface area (TPSA) is 151 Å². The minimum atomic E-state index is -0.565. The highest BCUT2D eigenvalue weighted by atomic mass is 16.6. The summed E-state index contributed by atoms with van der Waals surface area (Å²) in [5.74, 6) is 0.188. The molecule has 3 aromatic heterocycles. The smallest absolute Gasteiger partial charge is 0.271 e. The van der Waals surface area contributed by atoms with E-state index in [1.54, 1.807) is 13.0 Å². The molecule has 0 aliphatic heterocycles. The van der Waals surface area contributed by atoms with Crippen molar-refractivity contribution >= 4 is 28.3 Å². The van der Waals surface area contributed by atoms with Gasteiger partial charge in [0.25, 0.3) is 17.2 Å². The Morgan fingerprint density at radius 2 is 1.81 bits per heavy atom. The Kier molecular flexibility index (Phi) is 5.18. The molecule has 12 heteroatoms. The quantitative estimate of drug-likeness (QED) is 0.369. The van der Waals surface area contributed by atoms with Crippen LogP contribution < -0.4 is 10.9 Å². The van der Waals surface area contributed by atoms with Gasteiger partial charge in [0.15, 0.2) is 0 Å². The van der Waals surface area contributed by atoms with E-state index in [1.807, 2.05) is 19.9 Å². The van der Waals surface area contributed by atoms with E-state index < -0.39 is 16.4 Å². The second kappa shape index (κ2) is 7.98. The molecular formula is C20H18N8O4. The van der Waals surface area contributed by atoms with Gasteiger partial charge in [0.1, 0.15) is 12.4 Å². The molecule has 0 atom stereocenters. The highest BCUT2D eigenvalue weighted by Crippen LogP contribution is 2.17. The van der Waals surface area contributed by atoms with Crippen LogP contribution in [0.1, 0.15) is 17.1 Å². The SMILES string of the molecule is Cc1cc(C)nc(-n2nc(C)cc2NC(=O)Cn2cnc3cc([N+](=O)[O-])ccc3c2=O)n1. The van der Waals surface area contributed by atoms with Gasteiger partial charge in [0.05, 0.1) is 27.8 Å². The van der Waals surface area contributed by atoms with E-state index in [1.165, 1.54) is 29.2 Å². The van der Waals surface area contributed by atoms with Gasteiger partial charge in [-0.1, -0.05) is 0 Å². The maximum absolute atomic E-state index is 12.7. The number of aryl methyl sites for hydroxylation is 3. The van der Waals surface area contributed by atoms with Gasteiger partial charge in [-0.05, 0) is 32.9 Å². The third kappa shape index (κ3) is 4.05. The predicted molar refractivity (Wildman–Crippen MR) is 115 cm³/mol. The van der Waals surface area contributed by atoms with Crippen LogP contribution in [-0.4, -0.2) is 40.1 Å². The van der Waals surface area contributed by atoms with Crippen LogP contribution in [0, 0.1) is 30.9 Å². The number of carbonyl (C=O) groups excluding carboxylic acids is 1. The zero-order chi connectivity index (χ0) is 23.0. The molecule has 0 fully saturated rings. The molecule has 0 unspecified atom stereocenters. The van der Waals surface area contributed by atoms with Gasteiger partial charge < -0.3 is 5.32 Å². The van der Waals surface area contributed by atoms with Crippen LogP contribution >= 0.6 is 0 Å². The van der Waals surface area contributed by atoms with Gasteiger partial charge >= 0.3 is 0 Å².